The maximum Gasteiger partial charge on any atom is 0.261 e. The Balaban J connectivity index is 2.38. The number of hydrogen-bond acceptors (Lipinski definition) is 3. The van der Waals surface area contributed by atoms with Gasteiger partial charge in [0, 0.05) is 6.54 Å². The molecule has 0 radical (unpaired) electrons. The SMILES string of the molecule is CC1(CO)CCCN1C(=O)c1c(O)cccc1F. The van der Waals surface area contributed by atoms with E-state index in [1.165, 1.54) is 17.0 Å². The van der Waals surface area contributed by atoms with Crippen LogP contribution in [0.4, 0.5) is 4.39 Å². The van der Waals surface area contributed by atoms with Crippen LogP contribution in [0.1, 0.15) is 30.1 Å². The van der Waals surface area contributed by atoms with E-state index in [0.29, 0.717) is 13.0 Å². The molecule has 18 heavy (non-hydrogen) atoms. The molecule has 1 aliphatic heterocycles. The number of aliphatic hydroxyl groups excluding tert-OH is 1. The molecule has 1 saturated heterocycles. The number of benzene rings is 1. The van der Waals surface area contributed by atoms with E-state index in [0.717, 1.165) is 12.5 Å². The van der Waals surface area contributed by atoms with Crippen LogP contribution in [0.25, 0.3) is 0 Å². The van der Waals surface area contributed by atoms with Gasteiger partial charge in [0.2, 0.25) is 0 Å². The average Bonchev–Trinajstić information content (AvgIpc) is 2.71. The van der Waals surface area contributed by atoms with Gasteiger partial charge >= 0.3 is 0 Å². The van der Waals surface area contributed by atoms with E-state index in [-0.39, 0.29) is 17.9 Å². The molecule has 1 aromatic carbocycles. The highest BCUT2D eigenvalue weighted by atomic mass is 19.1. The van der Waals surface area contributed by atoms with Gasteiger partial charge < -0.3 is 15.1 Å². The molecule has 1 fully saturated rings. The van der Waals surface area contributed by atoms with Crippen molar-refractivity contribution in [2.24, 2.45) is 0 Å². The highest BCUT2D eigenvalue weighted by Crippen LogP contribution is 2.32. The van der Waals surface area contributed by atoms with E-state index < -0.39 is 17.3 Å². The molecule has 0 saturated carbocycles. The lowest BCUT2D eigenvalue weighted by atomic mass is 9.99. The minimum Gasteiger partial charge on any atom is -0.507 e. The molecular weight excluding hydrogens is 237 g/mol. The van der Waals surface area contributed by atoms with Gasteiger partial charge in [0.1, 0.15) is 17.1 Å². The van der Waals surface area contributed by atoms with Crippen molar-refractivity contribution in [1.82, 2.24) is 4.90 Å². The predicted octanol–water partition coefficient (Wildman–Crippen LogP) is 1.52. The Kier molecular flexibility index (Phi) is 3.26. The Hall–Kier alpha value is -1.62. The van der Waals surface area contributed by atoms with Gasteiger partial charge in [-0.2, -0.15) is 0 Å². The summed E-state index contributed by atoms with van der Waals surface area (Å²) < 4.78 is 13.6. The standard InChI is InChI=1S/C13H16FNO3/c1-13(8-16)6-3-7-15(13)12(18)11-9(14)4-2-5-10(11)17/h2,4-5,16-17H,3,6-8H2,1H3. The molecule has 0 aromatic heterocycles. The van der Waals surface area contributed by atoms with E-state index in [1.807, 2.05) is 0 Å². The van der Waals surface area contributed by atoms with E-state index in [2.05, 4.69) is 0 Å². The molecule has 1 aliphatic rings. The summed E-state index contributed by atoms with van der Waals surface area (Å²) in [5.41, 5.74) is -0.995. The van der Waals surface area contributed by atoms with E-state index in [1.54, 1.807) is 6.92 Å². The minimum atomic E-state index is -0.743. The molecule has 0 spiro atoms. The number of halogens is 1. The van der Waals surface area contributed by atoms with Crippen LogP contribution in [0.3, 0.4) is 0 Å². The van der Waals surface area contributed by atoms with Crippen molar-refractivity contribution in [2.75, 3.05) is 13.2 Å². The van der Waals surface area contributed by atoms with E-state index in [4.69, 9.17) is 0 Å². The fourth-order valence-corrected chi connectivity index (χ4v) is 2.39. The number of phenolic OH excluding ortho intramolecular Hbond substituents is 1. The third kappa shape index (κ3) is 1.95. The predicted molar refractivity (Wildman–Crippen MR) is 63.8 cm³/mol. The first-order valence-electron chi connectivity index (χ1n) is 5.90. The Labute approximate surface area is 105 Å². The van der Waals surface area contributed by atoms with E-state index >= 15 is 0 Å². The second-order valence-electron chi connectivity index (χ2n) is 4.85. The minimum absolute atomic E-state index is 0.173. The zero-order valence-corrected chi connectivity index (χ0v) is 10.2. The molecule has 1 atom stereocenters. The molecule has 2 rings (SSSR count). The van der Waals surface area contributed by atoms with Crippen LogP contribution in [0.15, 0.2) is 18.2 Å². The van der Waals surface area contributed by atoms with Gasteiger partial charge in [-0.15, -0.1) is 0 Å². The molecule has 4 nitrogen and oxygen atoms in total. The lowest BCUT2D eigenvalue weighted by molar-refractivity contribution is 0.0466. The molecular formula is C13H16FNO3. The quantitative estimate of drug-likeness (QED) is 0.840. The van der Waals surface area contributed by atoms with Gasteiger partial charge in [-0.05, 0) is 31.9 Å². The summed E-state index contributed by atoms with van der Waals surface area (Å²) in [7, 11) is 0. The first-order valence-corrected chi connectivity index (χ1v) is 5.90. The van der Waals surface area contributed by atoms with Crippen molar-refractivity contribution in [1.29, 1.82) is 0 Å². The third-order valence-electron chi connectivity index (χ3n) is 3.54. The second-order valence-corrected chi connectivity index (χ2v) is 4.85. The van der Waals surface area contributed by atoms with Gasteiger partial charge in [-0.1, -0.05) is 6.07 Å². The molecule has 0 aliphatic carbocycles. The highest BCUT2D eigenvalue weighted by Gasteiger charge is 2.40. The molecule has 1 heterocycles. The lowest BCUT2D eigenvalue weighted by Gasteiger charge is -2.33. The number of amides is 1. The Morgan fingerprint density at radius 2 is 2.28 bits per heavy atom. The van der Waals surface area contributed by atoms with Crippen LogP contribution in [0, 0.1) is 5.82 Å². The third-order valence-corrected chi connectivity index (χ3v) is 3.54. The molecule has 98 valence electrons. The fraction of sp³-hybridized carbons (Fsp3) is 0.462. The molecule has 0 bridgehead atoms. The topological polar surface area (TPSA) is 60.8 Å². The zero-order chi connectivity index (χ0) is 13.3. The maximum absolute atomic E-state index is 13.6. The van der Waals surface area contributed by atoms with Crippen LogP contribution < -0.4 is 0 Å². The Bertz CT molecular complexity index is 457. The van der Waals surface area contributed by atoms with Crippen LogP contribution >= 0.6 is 0 Å². The van der Waals surface area contributed by atoms with Crippen LogP contribution in [-0.2, 0) is 0 Å². The Morgan fingerprint density at radius 3 is 2.89 bits per heavy atom. The van der Waals surface area contributed by atoms with Crippen LogP contribution in [-0.4, -0.2) is 39.7 Å². The average molecular weight is 253 g/mol. The van der Waals surface area contributed by atoms with Gasteiger partial charge in [0.15, 0.2) is 0 Å². The maximum atomic E-state index is 13.6. The number of aliphatic hydroxyl groups is 1. The van der Waals surface area contributed by atoms with Crippen LogP contribution in [0.2, 0.25) is 0 Å². The van der Waals surface area contributed by atoms with Crippen LogP contribution in [0.5, 0.6) is 5.75 Å². The first kappa shape index (κ1) is 12.8. The number of rotatable bonds is 2. The molecule has 5 heteroatoms. The van der Waals surface area contributed by atoms with Crippen molar-refractivity contribution in [2.45, 2.75) is 25.3 Å². The molecule has 1 aromatic rings. The number of likely N-dealkylation sites (tertiary alicyclic amines) is 1. The summed E-state index contributed by atoms with van der Waals surface area (Å²) in [5, 5.41) is 19.0. The monoisotopic (exact) mass is 253 g/mol. The van der Waals surface area contributed by atoms with E-state index in [9.17, 15) is 19.4 Å². The molecule has 1 unspecified atom stereocenters. The van der Waals surface area contributed by atoms with Crippen molar-refractivity contribution in [3.63, 3.8) is 0 Å². The number of aromatic hydroxyl groups is 1. The first-order chi connectivity index (χ1) is 8.49. The van der Waals surface area contributed by atoms with Gasteiger partial charge in [-0.25, -0.2) is 4.39 Å². The van der Waals surface area contributed by atoms with Crippen molar-refractivity contribution < 1.29 is 19.4 Å². The second kappa shape index (κ2) is 4.57. The van der Waals surface area contributed by atoms with Crippen molar-refractivity contribution in [3.8, 4) is 5.75 Å². The number of carbonyl (C=O) groups is 1. The molecule has 2 N–H and O–H groups in total. The summed E-state index contributed by atoms with van der Waals surface area (Å²) in [5.74, 6) is -1.68. The lowest BCUT2D eigenvalue weighted by Crippen LogP contribution is -2.47. The Morgan fingerprint density at radius 1 is 1.56 bits per heavy atom. The van der Waals surface area contributed by atoms with Crippen molar-refractivity contribution in [3.05, 3.63) is 29.6 Å². The number of hydrogen-bond donors (Lipinski definition) is 2. The van der Waals surface area contributed by atoms with Gasteiger partial charge in [0.05, 0.1) is 12.1 Å². The number of carbonyl (C=O) groups excluding carboxylic acids is 1. The largest absolute Gasteiger partial charge is 0.507 e. The summed E-state index contributed by atoms with van der Waals surface area (Å²) in [4.78, 5) is 13.7. The summed E-state index contributed by atoms with van der Waals surface area (Å²) in [6.07, 6.45) is 1.43. The summed E-state index contributed by atoms with van der Waals surface area (Å²) in [6, 6.07) is 3.76. The van der Waals surface area contributed by atoms with Gasteiger partial charge in [0.25, 0.3) is 5.91 Å². The van der Waals surface area contributed by atoms with Crippen molar-refractivity contribution >= 4 is 5.91 Å². The highest BCUT2D eigenvalue weighted by molar-refractivity contribution is 5.97. The summed E-state index contributed by atoms with van der Waals surface area (Å²) in [6.45, 7) is 2.05. The normalized spacial score (nSPS) is 23.4. The number of phenols is 1. The fourth-order valence-electron chi connectivity index (χ4n) is 2.39. The zero-order valence-electron chi connectivity index (χ0n) is 10.2. The summed E-state index contributed by atoms with van der Waals surface area (Å²) >= 11 is 0. The number of nitrogens with zero attached hydrogens (tertiary/aromatic N) is 1. The van der Waals surface area contributed by atoms with Gasteiger partial charge in [-0.3, -0.25) is 4.79 Å². The smallest absolute Gasteiger partial charge is 0.261 e. The molecule has 1 amide bonds.